The standard InChI is InChI=1S/C26H20N4O5/c31-26-21-5-2-1-4-19(21)25(20-8-10-24-18(20)6-3-13-35-24)27-29(26)23-16-17(7-9-22(23)30(32)33)28-11-14-34-15-12-28/h1-10,13,16H,11-12,14-15H2. The van der Waals surface area contributed by atoms with Crippen LogP contribution < -0.4 is 10.5 Å². The Labute approximate surface area is 199 Å². The molecule has 3 heterocycles. The summed E-state index contributed by atoms with van der Waals surface area (Å²) in [4.78, 5) is 27.2. The molecule has 0 spiro atoms. The lowest BCUT2D eigenvalue weighted by molar-refractivity contribution is -0.384. The molecular formula is C26H20N4O5. The number of hydrogen-bond acceptors (Lipinski definition) is 7. The van der Waals surface area contributed by atoms with Crippen LogP contribution in [0.4, 0.5) is 11.4 Å². The Morgan fingerprint density at radius 1 is 0.914 bits per heavy atom. The van der Waals surface area contributed by atoms with Gasteiger partial charge in [-0.05, 0) is 42.5 Å². The van der Waals surface area contributed by atoms with E-state index in [-0.39, 0.29) is 11.4 Å². The molecule has 0 N–H and O–H groups in total. The molecule has 1 aliphatic carbocycles. The zero-order chi connectivity index (χ0) is 23.9. The van der Waals surface area contributed by atoms with Gasteiger partial charge in [-0.25, -0.2) is 0 Å². The van der Waals surface area contributed by atoms with Crippen molar-refractivity contribution in [2.24, 2.45) is 0 Å². The number of anilines is 1. The zero-order valence-corrected chi connectivity index (χ0v) is 18.6. The van der Waals surface area contributed by atoms with Crippen molar-refractivity contribution in [3.8, 4) is 28.3 Å². The summed E-state index contributed by atoms with van der Waals surface area (Å²) < 4.78 is 12.2. The highest BCUT2D eigenvalue weighted by Crippen LogP contribution is 2.37. The molecule has 0 atom stereocenters. The molecule has 174 valence electrons. The molecule has 9 heteroatoms. The first-order valence-corrected chi connectivity index (χ1v) is 11.2. The Morgan fingerprint density at radius 3 is 2.51 bits per heavy atom. The number of benzene rings is 2. The van der Waals surface area contributed by atoms with Crippen molar-refractivity contribution in [3.63, 3.8) is 0 Å². The molecule has 1 fully saturated rings. The second-order valence-corrected chi connectivity index (χ2v) is 8.28. The predicted molar refractivity (Wildman–Crippen MR) is 131 cm³/mol. The molecule has 2 aromatic carbocycles. The van der Waals surface area contributed by atoms with E-state index in [1.54, 1.807) is 36.6 Å². The topological polar surface area (TPSA) is 104 Å². The highest BCUT2D eigenvalue weighted by atomic mass is 16.6. The molecule has 0 saturated carbocycles. The minimum Gasteiger partial charge on any atom is -0.464 e. The highest BCUT2D eigenvalue weighted by Gasteiger charge is 2.24. The quantitative estimate of drug-likeness (QED) is 0.283. The maximum Gasteiger partial charge on any atom is 0.295 e. The molecule has 0 unspecified atom stereocenters. The number of fused-ring (bicyclic) bond motifs is 2. The Hall–Kier alpha value is -4.50. The van der Waals surface area contributed by atoms with Crippen molar-refractivity contribution in [1.29, 1.82) is 0 Å². The summed E-state index contributed by atoms with van der Waals surface area (Å²) >= 11 is 0. The van der Waals surface area contributed by atoms with Crippen LogP contribution in [0, 0.1) is 10.1 Å². The second-order valence-electron chi connectivity index (χ2n) is 8.28. The van der Waals surface area contributed by atoms with Crippen molar-refractivity contribution in [2.75, 3.05) is 31.2 Å². The Bertz CT molecular complexity index is 1600. The molecule has 2 aliphatic heterocycles. The van der Waals surface area contributed by atoms with Gasteiger partial charge < -0.3 is 14.1 Å². The van der Waals surface area contributed by atoms with Crippen LogP contribution in [0.3, 0.4) is 0 Å². The summed E-state index contributed by atoms with van der Waals surface area (Å²) in [5, 5.41) is 17.8. The number of ether oxygens (including phenoxy) is 1. The molecule has 0 amide bonds. The Kier molecular flexibility index (Phi) is 5.04. The maximum atomic E-state index is 13.6. The van der Waals surface area contributed by atoms with Crippen LogP contribution in [0.25, 0.3) is 39.0 Å². The minimum atomic E-state index is -0.488. The van der Waals surface area contributed by atoms with Gasteiger partial charge in [0.1, 0.15) is 17.1 Å². The summed E-state index contributed by atoms with van der Waals surface area (Å²) in [6, 6.07) is 19.4. The summed E-state index contributed by atoms with van der Waals surface area (Å²) in [6.07, 6.45) is 1.60. The van der Waals surface area contributed by atoms with Gasteiger partial charge >= 0.3 is 0 Å². The molecule has 35 heavy (non-hydrogen) atoms. The van der Waals surface area contributed by atoms with Crippen molar-refractivity contribution in [1.82, 2.24) is 9.78 Å². The lowest BCUT2D eigenvalue weighted by Gasteiger charge is -2.29. The van der Waals surface area contributed by atoms with Crippen LogP contribution >= 0.6 is 0 Å². The first kappa shape index (κ1) is 21.1. The third-order valence-corrected chi connectivity index (χ3v) is 6.31. The lowest BCUT2D eigenvalue weighted by atomic mass is 10.0. The Balaban J connectivity index is 1.63. The van der Waals surface area contributed by atoms with E-state index < -0.39 is 10.5 Å². The van der Waals surface area contributed by atoms with Crippen LogP contribution in [0.1, 0.15) is 0 Å². The van der Waals surface area contributed by atoms with Gasteiger partial charge in [0.2, 0.25) is 0 Å². The fourth-order valence-corrected chi connectivity index (χ4v) is 4.61. The maximum absolute atomic E-state index is 13.6. The van der Waals surface area contributed by atoms with E-state index >= 15 is 0 Å². The van der Waals surface area contributed by atoms with Crippen molar-refractivity contribution in [2.45, 2.75) is 0 Å². The largest absolute Gasteiger partial charge is 0.464 e. The van der Waals surface area contributed by atoms with E-state index in [0.717, 1.165) is 21.5 Å². The van der Waals surface area contributed by atoms with Crippen molar-refractivity contribution in [3.05, 3.63) is 93.5 Å². The summed E-state index contributed by atoms with van der Waals surface area (Å²) in [7, 11) is 0. The van der Waals surface area contributed by atoms with Crippen LogP contribution in [-0.2, 0) is 4.74 Å². The number of nitro groups is 1. The molecule has 3 aliphatic rings. The molecule has 9 nitrogen and oxygen atoms in total. The van der Waals surface area contributed by atoms with E-state index in [4.69, 9.17) is 14.3 Å². The lowest BCUT2D eigenvalue weighted by Crippen LogP contribution is -2.36. The first-order valence-electron chi connectivity index (χ1n) is 11.2. The first-order chi connectivity index (χ1) is 17.1. The number of aromatic nitrogens is 2. The molecule has 0 bridgehead atoms. The van der Waals surface area contributed by atoms with E-state index in [9.17, 15) is 14.9 Å². The normalized spacial score (nSPS) is 14.0. The smallest absolute Gasteiger partial charge is 0.295 e. The predicted octanol–water partition coefficient (Wildman–Crippen LogP) is 4.50. The monoisotopic (exact) mass is 468 g/mol. The molecule has 6 rings (SSSR count). The fraction of sp³-hybridized carbons (Fsp3) is 0.154. The van der Waals surface area contributed by atoms with Gasteiger partial charge in [0.15, 0.2) is 0 Å². The SMILES string of the molecule is O=c1c2ccccc2c(-c2ccc3occcc2-3)nn1-c1cc(N2CCOCC2)ccc1[N+](=O)[O-]. The van der Waals surface area contributed by atoms with Crippen LogP contribution in [0.2, 0.25) is 0 Å². The average molecular weight is 468 g/mol. The number of rotatable bonds is 4. The van der Waals surface area contributed by atoms with Gasteiger partial charge in [0.05, 0.1) is 29.8 Å². The van der Waals surface area contributed by atoms with Crippen LogP contribution in [0.5, 0.6) is 0 Å². The molecule has 1 aromatic heterocycles. The van der Waals surface area contributed by atoms with Crippen molar-refractivity contribution < 1.29 is 14.1 Å². The number of morpholine rings is 1. The third-order valence-electron chi connectivity index (χ3n) is 6.31. The molecular weight excluding hydrogens is 448 g/mol. The van der Waals surface area contributed by atoms with Crippen LogP contribution in [0.15, 0.2) is 82.2 Å². The van der Waals surface area contributed by atoms with Gasteiger partial charge in [-0.3, -0.25) is 14.9 Å². The molecule has 3 aromatic rings. The van der Waals surface area contributed by atoms with E-state index in [0.29, 0.717) is 48.5 Å². The van der Waals surface area contributed by atoms with Crippen molar-refractivity contribution >= 4 is 22.1 Å². The van der Waals surface area contributed by atoms with Gasteiger partial charge in [-0.1, -0.05) is 18.2 Å². The number of nitro benzene ring substituents is 1. The zero-order valence-electron chi connectivity index (χ0n) is 18.6. The fourth-order valence-electron chi connectivity index (χ4n) is 4.61. The van der Waals surface area contributed by atoms with E-state index in [1.165, 1.54) is 6.07 Å². The molecule has 0 radical (unpaired) electrons. The summed E-state index contributed by atoms with van der Waals surface area (Å²) in [5.41, 5.74) is 2.44. The van der Waals surface area contributed by atoms with E-state index in [1.807, 2.05) is 30.3 Å². The average Bonchev–Trinajstić information content (AvgIpc) is 3.33. The summed E-state index contributed by atoms with van der Waals surface area (Å²) in [5.74, 6) is 0.687. The number of hydrogen-bond donors (Lipinski definition) is 0. The van der Waals surface area contributed by atoms with Gasteiger partial charge in [0, 0.05) is 41.4 Å². The number of nitrogens with zero attached hydrogens (tertiary/aromatic N) is 4. The van der Waals surface area contributed by atoms with Gasteiger partial charge in [-0.15, -0.1) is 0 Å². The highest BCUT2D eigenvalue weighted by molar-refractivity contribution is 5.98. The minimum absolute atomic E-state index is 0.122. The Morgan fingerprint density at radius 2 is 1.71 bits per heavy atom. The second kappa shape index (κ2) is 8.37. The summed E-state index contributed by atoms with van der Waals surface area (Å²) in [6.45, 7) is 2.45. The third kappa shape index (κ3) is 3.53. The van der Waals surface area contributed by atoms with E-state index in [2.05, 4.69) is 4.90 Å². The van der Waals surface area contributed by atoms with Crippen LogP contribution in [-0.4, -0.2) is 41.0 Å². The van der Waals surface area contributed by atoms with Gasteiger partial charge in [-0.2, -0.15) is 9.78 Å². The molecule has 1 saturated heterocycles. The van der Waals surface area contributed by atoms with Gasteiger partial charge in [0.25, 0.3) is 11.2 Å².